The molecule has 208 valence electrons. The molecule has 0 radical (unpaired) electrons. The first kappa shape index (κ1) is 32.3. The highest BCUT2D eigenvalue weighted by Crippen LogP contribution is 2.24. The molecule has 0 unspecified atom stereocenters. The SMILES string of the molecule is CC[n+]1ccsc1N=Nc1ccc(N(C)CCCN(C)c2ccc(N=Nc3scc[n+]3CC)cc2)cc1.[Cl-].[Cl-]. The van der Waals surface area contributed by atoms with E-state index in [-0.39, 0.29) is 24.8 Å². The molecule has 2 aromatic heterocycles. The van der Waals surface area contributed by atoms with Crippen LogP contribution in [0.25, 0.3) is 0 Å². The minimum atomic E-state index is 0. The van der Waals surface area contributed by atoms with Gasteiger partial charge >= 0.3 is 10.3 Å². The third-order valence-corrected chi connectivity index (χ3v) is 7.64. The summed E-state index contributed by atoms with van der Waals surface area (Å²) in [6.45, 7) is 7.91. The van der Waals surface area contributed by atoms with Crippen molar-refractivity contribution in [1.29, 1.82) is 0 Å². The Morgan fingerprint density at radius 3 is 1.36 bits per heavy atom. The zero-order chi connectivity index (χ0) is 26.0. The van der Waals surface area contributed by atoms with E-state index in [4.69, 9.17) is 0 Å². The molecule has 0 saturated carbocycles. The van der Waals surface area contributed by atoms with Crippen molar-refractivity contribution in [3.05, 3.63) is 71.7 Å². The van der Waals surface area contributed by atoms with Crippen LogP contribution < -0.4 is 43.7 Å². The van der Waals surface area contributed by atoms with Crippen LogP contribution in [0.15, 0.2) is 92.1 Å². The lowest BCUT2D eigenvalue weighted by Crippen LogP contribution is -3.00. The zero-order valence-corrected chi connectivity index (χ0v) is 25.8. The molecule has 4 aromatic rings. The molecule has 0 atom stereocenters. The first-order chi connectivity index (χ1) is 18.1. The van der Waals surface area contributed by atoms with E-state index < -0.39 is 0 Å². The summed E-state index contributed by atoms with van der Waals surface area (Å²) in [6.07, 6.45) is 5.11. The standard InChI is InChI=1S/C27H34N8S2.2ClH/c1-5-34-18-20-36-26(34)30-28-22-8-12-24(13-9-22)32(3)16-7-17-33(4)25-14-10-23(11-15-25)29-31-27-35(6-2)19-21-37-27;;/h8-15,18-21H,5-7,16-17H2,1-4H3;2*1H/q+2;;/p-2. The quantitative estimate of drug-likeness (QED) is 0.180. The van der Waals surface area contributed by atoms with Crippen molar-refractivity contribution in [2.24, 2.45) is 20.5 Å². The summed E-state index contributed by atoms with van der Waals surface area (Å²) >= 11 is 3.19. The van der Waals surface area contributed by atoms with Crippen LogP contribution in [-0.2, 0) is 13.1 Å². The van der Waals surface area contributed by atoms with E-state index in [1.54, 1.807) is 22.7 Å². The van der Waals surface area contributed by atoms with Crippen LogP contribution in [-0.4, -0.2) is 27.2 Å². The summed E-state index contributed by atoms with van der Waals surface area (Å²) in [5, 5.41) is 23.4. The molecule has 2 aromatic carbocycles. The number of benzene rings is 2. The molecule has 0 bridgehead atoms. The summed E-state index contributed by atoms with van der Waals surface area (Å²) in [6, 6.07) is 16.5. The number of nitrogens with zero attached hydrogens (tertiary/aromatic N) is 8. The smallest absolute Gasteiger partial charge is 0.408 e. The third kappa shape index (κ3) is 9.06. The number of hydrogen-bond acceptors (Lipinski definition) is 8. The zero-order valence-electron chi connectivity index (χ0n) is 22.6. The molecule has 0 fully saturated rings. The minimum Gasteiger partial charge on any atom is -1.00 e. The Kier molecular flexibility index (Phi) is 13.5. The van der Waals surface area contributed by atoms with E-state index in [9.17, 15) is 0 Å². The van der Waals surface area contributed by atoms with Gasteiger partial charge in [0.05, 0.1) is 23.3 Å². The summed E-state index contributed by atoms with van der Waals surface area (Å²) in [5.74, 6) is 0. The van der Waals surface area contributed by atoms with Crippen LogP contribution in [0.1, 0.15) is 20.3 Å². The van der Waals surface area contributed by atoms with Crippen LogP contribution in [0, 0.1) is 0 Å². The number of aromatic nitrogens is 2. The van der Waals surface area contributed by atoms with E-state index in [0.29, 0.717) is 0 Å². The fourth-order valence-corrected chi connectivity index (χ4v) is 5.27. The Morgan fingerprint density at radius 2 is 1.00 bits per heavy atom. The maximum Gasteiger partial charge on any atom is 0.408 e. The van der Waals surface area contributed by atoms with E-state index in [1.807, 2.05) is 47.4 Å². The van der Waals surface area contributed by atoms with E-state index >= 15 is 0 Å². The molecule has 39 heavy (non-hydrogen) atoms. The van der Waals surface area contributed by atoms with Gasteiger partial charge in [-0.05, 0) is 102 Å². The van der Waals surface area contributed by atoms with Crippen molar-refractivity contribution in [3.8, 4) is 0 Å². The van der Waals surface area contributed by atoms with Crippen LogP contribution in [0.3, 0.4) is 0 Å². The molecule has 0 aliphatic carbocycles. The summed E-state index contributed by atoms with van der Waals surface area (Å²) < 4.78 is 4.17. The number of rotatable bonds is 12. The second-order valence-corrected chi connectivity index (χ2v) is 10.3. The van der Waals surface area contributed by atoms with Crippen molar-refractivity contribution in [2.45, 2.75) is 33.4 Å². The Hall–Kier alpha value is -2.92. The number of hydrogen-bond donors (Lipinski definition) is 0. The van der Waals surface area contributed by atoms with E-state index in [2.05, 4.69) is 91.6 Å². The molecule has 0 aliphatic rings. The van der Waals surface area contributed by atoms with Crippen molar-refractivity contribution in [1.82, 2.24) is 0 Å². The number of aryl methyl sites for hydroxylation is 2. The molecule has 0 aliphatic heterocycles. The molecular weight excluding hydrogens is 571 g/mol. The molecular formula is C27H34Cl2N8S2. The van der Waals surface area contributed by atoms with Gasteiger partial charge in [0.25, 0.3) is 0 Å². The molecule has 12 heteroatoms. The minimum absolute atomic E-state index is 0. The topological polar surface area (TPSA) is 63.7 Å². The van der Waals surface area contributed by atoms with Crippen molar-refractivity contribution in [2.75, 3.05) is 37.0 Å². The highest BCUT2D eigenvalue weighted by atomic mass is 35.5. The van der Waals surface area contributed by atoms with Gasteiger partial charge in [-0.15, -0.1) is 0 Å². The molecule has 0 spiro atoms. The summed E-state index contributed by atoms with van der Waals surface area (Å²) in [7, 11) is 4.25. The van der Waals surface area contributed by atoms with Gasteiger partial charge in [-0.25, -0.2) is 9.13 Å². The van der Waals surface area contributed by atoms with Crippen molar-refractivity contribution >= 4 is 55.7 Å². The monoisotopic (exact) mass is 604 g/mol. The summed E-state index contributed by atoms with van der Waals surface area (Å²) in [5.41, 5.74) is 4.06. The molecule has 0 saturated heterocycles. The fourth-order valence-electron chi connectivity index (χ4n) is 3.79. The van der Waals surface area contributed by atoms with Gasteiger partial charge in [0.15, 0.2) is 0 Å². The number of azo groups is 2. The summed E-state index contributed by atoms with van der Waals surface area (Å²) in [4.78, 5) is 4.55. The lowest BCUT2D eigenvalue weighted by atomic mass is 10.2. The van der Waals surface area contributed by atoms with Gasteiger partial charge in [-0.2, -0.15) is 0 Å². The second kappa shape index (κ2) is 16.2. The van der Waals surface area contributed by atoms with Crippen LogP contribution in [0.4, 0.5) is 33.0 Å². The van der Waals surface area contributed by atoms with Crippen LogP contribution in [0.2, 0.25) is 0 Å². The molecule has 0 N–H and O–H groups in total. The van der Waals surface area contributed by atoms with Gasteiger partial charge in [0.2, 0.25) is 0 Å². The van der Waals surface area contributed by atoms with Crippen molar-refractivity contribution in [3.63, 3.8) is 0 Å². The predicted octanol–water partition coefficient (Wildman–Crippen LogP) is 1.23. The van der Waals surface area contributed by atoms with Gasteiger partial charge in [-0.3, -0.25) is 0 Å². The third-order valence-electron chi connectivity index (χ3n) is 6.07. The maximum absolute atomic E-state index is 4.39. The maximum atomic E-state index is 4.39. The second-order valence-electron chi connectivity index (χ2n) is 8.57. The molecule has 4 rings (SSSR count). The highest BCUT2D eigenvalue weighted by Gasteiger charge is 2.11. The first-order valence-electron chi connectivity index (χ1n) is 12.5. The van der Waals surface area contributed by atoms with E-state index in [0.717, 1.165) is 54.2 Å². The highest BCUT2D eigenvalue weighted by molar-refractivity contribution is 7.13. The van der Waals surface area contributed by atoms with Crippen LogP contribution >= 0.6 is 22.7 Å². The first-order valence-corrected chi connectivity index (χ1v) is 14.2. The largest absolute Gasteiger partial charge is 1.00 e. The van der Waals surface area contributed by atoms with Gasteiger partial charge < -0.3 is 34.6 Å². The number of anilines is 2. The van der Waals surface area contributed by atoms with Crippen LogP contribution in [0.5, 0.6) is 0 Å². The van der Waals surface area contributed by atoms with Gasteiger partial charge in [0, 0.05) is 49.3 Å². The fraction of sp³-hybridized carbons (Fsp3) is 0.333. The van der Waals surface area contributed by atoms with Gasteiger partial charge in [-0.1, -0.05) is 0 Å². The average Bonchev–Trinajstić information content (AvgIpc) is 3.60. The Labute approximate surface area is 251 Å². The predicted molar refractivity (Wildman–Crippen MR) is 153 cm³/mol. The Balaban J connectivity index is 0.00000267. The lowest BCUT2D eigenvalue weighted by molar-refractivity contribution is -0.677. The van der Waals surface area contributed by atoms with E-state index in [1.165, 1.54) is 11.4 Å². The molecule has 2 heterocycles. The number of halogens is 2. The van der Waals surface area contributed by atoms with Crippen molar-refractivity contribution < 1.29 is 33.9 Å². The average molecular weight is 606 g/mol. The Bertz CT molecular complexity index is 1220. The normalized spacial score (nSPS) is 11.0. The number of thiazole rings is 2. The Morgan fingerprint density at radius 1 is 0.615 bits per heavy atom. The van der Waals surface area contributed by atoms with Gasteiger partial charge in [0.1, 0.15) is 23.8 Å². The molecule has 0 amide bonds. The lowest BCUT2D eigenvalue weighted by Gasteiger charge is -2.23. The molecule has 8 nitrogen and oxygen atoms in total.